The SMILES string of the molecule is CC(Oc1ccc(Cl)cc1)C(=O)N1CCN(C(=O)C2CC(=O)N(C(C)C)C2)CC1. The summed E-state index contributed by atoms with van der Waals surface area (Å²) in [6.45, 7) is 8.01. The number of ether oxygens (including phenoxy) is 1. The van der Waals surface area contributed by atoms with Gasteiger partial charge in [0.05, 0.1) is 5.92 Å². The summed E-state index contributed by atoms with van der Waals surface area (Å²) in [5.74, 6) is 0.262. The highest BCUT2D eigenvalue weighted by molar-refractivity contribution is 6.30. The Morgan fingerprint density at radius 1 is 1.03 bits per heavy atom. The Morgan fingerprint density at radius 3 is 2.17 bits per heavy atom. The van der Waals surface area contributed by atoms with Crippen LogP contribution >= 0.6 is 11.6 Å². The molecule has 2 fully saturated rings. The molecule has 0 N–H and O–H groups in total. The van der Waals surface area contributed by atoms with Crippen LogP contribution in [-0.2, 0) is 14.4 Å². The van der Waals surface area contributed by atoms with E-state index in [1.165, 1.54) is 0 Å². The fourth-order valence-corrected chi connectivity index (χ4v) is 3.95. The molecule has 2 aliphatic heterocycles. The van der Waals surface area contributed by atoms with Gasteiger partial charge < -0.3 is 19.4 Å². The van der Waals surface area contributed by atoms with Crippen LogP contribution in [0.3, 0.4) is 0 Å². The van der Waals surface area contributed by atoms with Gasteiger partial charge in [0, 0.05) is 50.2 Å². The van der Waals surface area contributed by atoms with Gasteiger partial charge in [-0.2, -0.15) is 0 Å². The Kier molecular flexibility index (Phi) is 6.67. The van der Waals surface area contributed by atoms with Crippen molar-refractivity contribution in [3.8, 4) is 5.75 Å². The van der Waals surface area contributed by atoms with Crippen molar-refractivity contribution in [2.24, 2.45) is 5.92 Å². The normalized spacial score (nSPS) is 20.9. The monoisotopic (exact) mass is 421 g/mol. The van der Waals surface area contributed by atoms with Crippen molar-refractivity contribution in [3.63, 3.8) is 0 Å². The van der Waals surface area contributed by atoms with Gasteiger partial charge in [0.15, 0.2) is 6.10 Å². The van der Waals surface area contributed by atoms with E-state index in [0.717, 1.165) is 0 Å². The summed E-state index contributed by atoms with van der Waals surface area (Å²) in [7, 11) is 0. The van der Waals surface area contributed by atoms with Crippen molar-refractivity contribution in [2.75, 3.05) is 32.7 Å². The molecular weight excluding hydrogens is 394 g/mol. The molecular formula is C21H28ClN3O4. The van der Waals surface area contributed by atoms with Gasteiger partial charge in [-0.3, -0.25) is 14.4 Å². The maximum atomic E-state index is 12.8. The molecule has 0 radical (unpaired) electrons. The third kappa shape index (κ3) is 5.01. The van der Waals surface area contributed by atoms with E-state index in [1.54, 1.807) is 45.9 Å². The first kappa shape index (κ1) is 21.4. The van der Waals surface area contributed by atoms with Crippen LogP contribution in [0.4, 0.5) is 0 Å². The lowest BCUT2D eigenvalue weighted by atomic mass is 10.1. The molecule has 2 atom stereocenters. The minimum Gasteiger partial charge on any atom is -0.481 e. The molecule has 0 saturated carbocycles. The van der Waals surface area contributed by atoms with Crippen LogP contribution in [0, 0.1) is 5.92 Å². The summed E-state index contributed by atoms with van der Waals surface area (Å²) in [5.41, 5.74) is 0. The van der Waals surface area contributed by atoms with Gasteiger partial charge in [0.25, 0.3) is 5.91 Å². The van der Waals surface area contributed by atoms with Crippen molar-refractivity contribution >= 4 is 29.3 Å². The van der Waals surface area contributed by atoms with E-state index in [1.807, 2.05) is 13.8 Å². The second kappa shape index (κ2) is 9.03. The Labute approximate surface area is 176 Å². The first-order valence-corrected chi connectivity index (χ1v) is 10.4. The van der Waals surface area contributed by atoms with Gasteiger partial charge in [-0.05, 0) is 45.0 Å². The van der Waals surface area contributed by atoms with Crippen LogP contribution in [0.2, 0.25) is 5.02 Å². The van der Waals surface area contributed by atoms with Crippen molar-refractivity contribution < 1.29 is 19.1 Å². The fourth-order valence-electron chi connectivity index (χ4n) is 3.83. The predicted molar refractivity (Wildman–Crippen MR) is 110 cm³/mol. The molecule has 7 nitrogen and oxygen atoms in total. The molecule has 3 rings (SSSR count). The zero-order valence-electron chi connectivity index (χ0n) is 17.1. The first-order valence-electron chi connectivity index (χ1n) is 10.1. The third-order valence-electron chi connectivity index (χ3n) is 5.51. The number of carbonyl (C=O) groups is 3. The van der Waals surface area contributed by atoms with E-state index in [4.69, 9.17) is 16.3 Å². The number of hydrogen-bond acceptors (Lipinski definition) is 4. The van der Waals surface area contributed by atoms with Gasteiger partial charge in [-0.25, -0.2) is 0 Å². The molecule has 3 amide bonds. The largest absolute Gasteiger partial charge is 0.481 e. The van der Waals surface area contributed by atoms with Crippen molar-refractivity contribution in [1.29, 1.82) is 0 Å². The number of benzene rings is 1. The predicted octanol–water partition coefficient (Wildman–Crippen LogP) is 2.03. The van der Waals surface area contributed by atoms with Crippen LogP contribution in [0.25, 0.3) is 0 Å². The highest BCUT2D eigenvalue weighted by atomic mass is 35.5. The van der Waals surface area contributed by atoms with E-state index in [0.29, 0.717) is 43.5 Å². The van der Waals surface area contributed by atoms with E-state index < -0.39 is 6.10 Å². The Morgan fingerprint density at radius 2 is 1.62 bits per heavy atom. The minimum atomic E-state index is -0.620. The average Bonchev–Trinajstić information content (AvgIpc) is 3.10. The molecule has 0 aliphatic carbocycles. The summed E-state index contributed by atoms with van der Waals surface area (Å²) in [6, 6.07) is 6.99. The van der Waals surface area contributed by atoms with Crippen molar-refractivity contribution in [2.45, 2.75) is 39.3 Å². The van der Waals surface area contributed by atoms with Crippen LogP contribution < -0.4 is 4.74 Å². The molecule has 1 aromatic rings. The van der Waals surface area contributed by atoms with E-state index >= 15 is 0 Å². The molecule has 1 aromatic carbocycles. The van der Waals surface area contributed by atoms with Crippen molar-refractivity contribution in [1.82, 2.24) is 14.7 Å². The lowest BCUT2D eigenvalue weighted by molar-refractivity contribution is -0.145. The molecule has 2 heterocycles. The minimum absolute atomic E-state index is 0.0130. The van der Waals surface area contributed by atoms with Crippen LogP contribution in [-0.4, -0.2) is 77.3 Å². The summed E-state index contributed by atoms with van der Waals surface area (Å²) < 4.78 is 5.71. The second-order valence-electron chi connectivity index (χ2n) is 7.91. The Hall–Kier alpha value is -2.28. The van der Waals surface area contributed by atoms with E-state index in [2.05, 4.69) is 0 Å². The summed E-state index contributed by atoms with van der Waals surface area (Å²) in [5, 5.41) is 0.609. The molecule has 2 aliphatic rings. The van der Waals surface area contributed by atoms with Crippen molar-refractivity contribution in [3.05, 3.63) is 29.3 Å². The lowest BCUT2D eigenvalue weighted by Crippen LogP contribution is -2.54. The summed E-state index contributed by atoms with van der Waals surface area (Å²) in [4.78, 5) is 42.8. The zero-order chi connectivity index (χ0) is 21.1. The van der Waals surface area contributed by atoms with Gasteiger partial charge in [-0.1, -0.05) is 11.6 Å². The zero-order valence-corrected chi connectivity index (χ0v) is 17.9. The van der Waals surface area contributed by atoms with Gasteiger partial charge in [0.2, 0.25) is 11.8 Å². The molecule has 0 spiro atoms. The lowest BCUT2D eigenvalue weighted by Gasteiger charge is -2.36. The number of likely N-dealkylation sites (tertiary alicyclic amines) is 1. The molecule has 0 bridgehead atoms. The summed E-state index contributed by atoms with van der Waals surface area (Å²) in [6.07, 6.45) is -0.340. The second-order valence-corrected chi connectivity index (χ2v) is 8.34. The molecule has 2 unspecified atom stereocenters. The number of halogens is 1. The standard InChI is InChI=1S/C21H28ClN3O4/c1-14(2)25-13-16(12-19(25)26)21(28)24-10-8-23(9-11-24)20(27)15(3)29-18-6-4-17(22)5-7-18/h4-7,14-16H,8-13H2,1-3H3. The van der Waals surface area contributed by atoms with E-state index in [-0.39, 0.29) is 36.1 Å². The molecule has 29 heavy (non-hydrogen) atoms. The number of carbonyl (C=O) groups excluding carboxylic acids is 3. The van der Waals surface area contributed by atoms with Gasteiger partial charge >= 0.3 is 0 Å². The van der Waals surface area contributed by atoms with E-state index in [9.17, 15) is 14.4 Å². The third-order valence-corrected chi connectivity index (χ3v) is 5.76. The Bertz CT molecular complexity index is 760. The number of hydrogen-bond donors (Lipinski definition) is 0. The smallest absolute Gasteiger partial charge is 0.263 e. The average molecular weight is 422 g/mol. The highest BCUT2D eigenvalue weighted by Crippen LogP contribution is 2.23. The van der Waals surface area contributed by atoms with Gasteiger partial charge in [-0.15, -0.1) is 0 Å². The first-order chi connectivity index (χ1) is 13.8. The summed E-state index contributed by atoms with van der Waals surface area (Å²) >= 11 is 5.87. The fraction of sp³-hybridized carbons (Fsp3) is 0.571. The number of piperazine rings is 1. The van der Waals surface area contributed by atoms with Gasteiger partial charge in [0.1, 0.15) is 5.75 Å². The number of nitrogens with zero attached hydrogens (tertiary/aromatic N) is 3. The van der Waals surface area contributed by atoms with Crippen LogP contribution in [0.1, 0.15) is 27.2 Å². The Balaban J connectivity index is 1.49. The van der Waals surface area contributed by atoms with Crippen LogP contribution in [0.5, 0.6) is 5.75 Å². The van der Waals surface area contributed by atoms with Crippen LogP contribution in [0.15, 0.2) is 24.3 Å². The maximum Gasteiger partial charge on any atom is 0.263 e. The molecule has 0 aromatic heterocycles. The number of rotatable bonds is 5. The topological polar surface area (TPSA) is 70.2 Å². The number of amides is 3. The maximum absolute atomic E-state index is 12.8. The highest BCUT2D eigenvalue weighted by Gasteiger charge is 2.38. The molecule has 158 valence electrons. The quantitative estimate of drug-likeness (QED) is 0.729. The molecule has 8 heteroatoms. The molecule has 2 saturated heterocycles.